The third-order valence-corrected chi connectivity index (χ3v) is 7.22. The Kier molecular flexibility index (Phi) is 15.2. The molecule has 3 atom stereocenters. The number of nitrogens with one attached hydrogen (secondary N) is 3. The molecule has 0 saturated carbocycles. The molecule has 0 aliphatic rings. The lowest BCUT2D eigenvalue weighted by molar-refractivity contribution is -0.166. The van der Waals surface area contributed by atoms with Crippen molar-refractivity contribution in [1.29, 1.82) is 0 Å². The van der Waals surface area contributed by atoms with E-state index in [1.165, 1.54) is 11.9 Å². The van der Waals surface area contributed by atoms with Crippen molar-refractivity contribution in [3.63, 3.8) is 0 Å². The highest BCUT2D eigenvalue weighted by molar-refractivity contribution is 7.97. The molecule has 9 nitrogen and oxygen atoms in total. The Hall–Kier alpha value is -3.22. The van der Waals surface area contributed by atoms with Crippen LogP contribution in [0.3, 0.4) is 0 Å². The summed E-state index contributed by atoms with van der Waals surface area (Å²) < 4.78 is 41.9. The summed E-state index contributed by atoms with van der Waals surface area (Å²) in [5, 5.41) is 16.2. The van der Waals surface area contributed by atoms with Gasteiger partial charge in [-0.2, -0.15) is 0 Å². The third-order valence-electron chi connectivity index (χ3n) is 6.24. The number of carbonyl (C=O) groups is 3. The second-order valence-electron chi connectivity index (χ2n) is 12.8. The van der Waals surface area contributed by atoms with Crippen molar-refractivity contribution in [3.05, 3.63) is 71.3 Å². The molecule has 0 radical (unpaired) electrons. The summed E-state index contributed by atoms with van der Waals surface area (Å²) in [6, 6.07) is 11.8. The minimum Gasteiger partial charge on any atom is -0.460 e. The highest BCUT2D eigenvalue weighted by atomic mass is 32.2. The van der Waals surface area contributed by atoms with Crippen LogP contribution < -0.4 is 15.4 Å². The molecule has 250 valence electrons. The Morgan fingerprint density at radius 3 is 2.18 bits per heavy atom. The van der Waals surface area contributed by atoms with Crippen LogP contribution in [0.5, 0.6) is 0 Å². The number of aliphatic hydroxyl groups excluding tert-OH is 1. The van der Waals surface area contributed by atoms with E-state index < -0.39 is 58.9 Å². The molecule has 2 aromatic carbocycles. The highest BCUT2D eigenvalue weighted by Crippen LogP contribution is 2.19. The van der Waals surface area contributed by atoms with Gasteiger partial charge in [0.25, 0.3) is 0 Å². The predicted octanol–water partition coefficient (Wildman–Crippen LogP) is 5.10. The summed E-state index contributed by atoms with van der Waals surface area (Å²) in [5.41, 5.74) is -0.538. The predicted molar refractivity (Wildman–Crippen MR) is 171 cm³/mol. The number of hydrogen-bond acceptors (Lipinski definition) is 8. The van der Waals surface area contributed by atoms with Gasteiger partial charge >= 0.3 is 12.1 Å². The fourth-order valence-electron chi connectivity index (χ4n) is 4.21. The van der Waals surface area contributed by atoms with E-state index in [1.807, 2.05) is 30.3 Å². The normalized spacial score (nSPS) is 13.8. The number of carbonyl (C=O) groups excluding carboxylic acids is 3. The minimum atomic E-state index is -1.58. The van der Waals surface area contributed by atoms with E-state index >= 15 is 0 Å². The molecule has 4 N–H and O–H groups in total. The summed E-state index contributed by atoms with van der Waals surface area (Å²) >= 11 is 1.32. The van der Waals surface area contributed by atoms with Crippen LogP contribution in [0.25, 0.3) is 0 Å². The average molecular weight is 652 g/mol. The van der Waals surface area contributed by atoms with E-state index in [1.54, 1.807) is 41.5 Å². The first kappa shape index (κ1) is 38.0. The average Bonchev–Trinajstić information content (AvgIpc) is 2.93. The van der Waals surface area contributed by atoms with Gasteiger partial charge in [-0.3, -0.25) is 14.3 Å². The van der Waals surface area contributed by atoms with E-state index in [9.17, 15) is 28.3 Å². The maximum atomic E-state index is 14.3. The summed E-state index contributed by atoms with van der Waals surface area (Å²) in [4.78, 5) is 37.9. The number of aliphatic hydroxyl groups is 1. The maximum absolute atomic E-state index is 14.3. The van der Waals surface area contributed by atoms with Crippen molar-refractivity contribution >= 4 is 29.9 Å². The molecule has 0 saturated heterocycles. The molecule has 2 amide bonds. The molecule has 0 fully saturated rings. The standard InChI is InChI=1S/C33H47F2N3O6S/c1-32(2,3)43-30(41)26(18-22-12-8-7-9-13-22)28(39)29(40)36-16-10-11-17-37-45-21-25(38-31(42)44-33(4,5)6)20-23-19-24(34)14-15-27(23)35/h7-9,12-15,19,25-26,28,37,39H,10-11,16-18,20-21H2,1-6H3,(H,36,40)(H,38,42)/t25?,26-,28+/m1/s1. The number of alkyl carbamates (subject to hydrolysis) is 1. The van der Waals surface area contributed by atoms with Crippen LogP contribution in [0, 0.1) is 17.6 Å². The molecule has 2 aromatic rings. The topological polar surface area (TPSA) is 126 Å². The highest BCUT2D eigenvalue weighted by Gasteiger charge is 2.35. The quantitative estimate of drug-likeness (QED) is 0.112. The van der Waals surface area contributed by atoms with Crippen LogP contribution in [-0.4, -0.2) is 65.3 Å². The summed E-state index contributed by atoms with van der Waals surface area (Å²) in [7, 11) is 0. The zero-order valence-corrected chi connectivity index (χ0v) is 27.8. The van der Waals surface area contributed by atoms with Crippen molar-refractivity contribution < 1.29 is 37.7 Å². The van der Waals surface area contributed by atoms with E-state index in [-0.39, 0.29) is 24.9 Å². The van der Waals surface area contributed by atoms with Gasteiger partial charge in [-0.25, -0.2) is 13.6 Å². The fourth-order valence-corrected chi connectivity index (χ4v) is 5.02. The minimum absolute atomic E-state index is 0.0699. The number of hydrogen-bond donors (Lipinski definition) is 4. The lowest BCUT2D eigenvalue weighted by Crippen LogP contribution is -2.45. The largest absolute Gasteiger partial charge is 0.460 e. The molecule has 0 heterocycles. The van der Waals surface area contributed by atoms with Crippen molar-refractivity contribution in [2.45, 2.75) is 90.6 Å². The molecule has 12 heteroatoms. The second kappa shape index (κ2) is 18.1. The van der Waals surface area contributed by atoms with Crippen LogP contribution in [-0.2, 0) is 31.9 Å². The summed E-state index contributed by atoms with van der Waals surface area (Å²) in [6.45, 7) is 11.2. The number of esters is 1. The molecule has 0 aliphatic heterocycles. The van der Waals surface area contributed by atoms with Gasteiger partial charge < -0.3 is 25.2 Å². The van der Waals surface area contributed by atoms with Gasteiger partial charge in [-0.15, -0.1) is 0 Å². The maximum Gasteiger partial charge on any atom is 0.407 e. The molecule has 0 bridgehead atoms. The lowest BCUT2D eigenvalue weighted by atomic mass is 9.93. The Morgan fingerprint density at radius 1 is 0.889 bits per heavy atom. The number of halogens is 2. The Labute approximate surface area is 269 Å². The van der Waals surface area contributed by atoms with Gasteiger partial charge in [-0.1, -0.05) is 42.3 Å². The fraction of sp³-hybridized carbons (Fsp3) is 0.545. The van der Waals surface area contributed by atoms with Crippen molar-refractivity contribution in [3.8, 4) is 0 Å². The first-order valence-corrected chi connectivity index (χ1v) is 16.0. The summed E-state index contributed by atoms with van der Waals surface area (Å²) in [5.74, 6) is -3.13. The van der Waals surface area contributed by atoms with Crippen LogP contribution in [0.15, 0.2) is 48.5 Å². The smallest absolute Gasteiger partial charge is 0.407 e. The monoisotopic (exact) mass is 651 g/mol. The number of benzene rings is 2. The molecule has 2 rings (SSSR count). The second-order valence-corrected chi connectivity index (χ2v) is 13.7. The molecule has 0 aliphatic carbocycles. The molecule has 0 aromatic heterocycles. The first-order chi connectivity index (χ1) is 21.0. The van der Waals surface area contributed by atoms with E-state index in [0.29, 0.717) is 25.1 Å². The number of ether oxygens (including phenoxy) is 2. The van der Waals surface area contributed by atoms with E-state index in [4.69, 9.17) is 9.47 Å². The Morgan fingerprint density at radius 2 is 1.53 bits per heavy atom. The number of amides is 2. The van der Waals surface area contributed by atoms with Crippen LogP contribution in [0.2, 0.25) is 0 Å². The lowest BCUT2D eigenvalue weighted by Gasteiger charge is -2.26. The molecule has 45 heavy (non-hydrogen) atoms. The zero-order valence-electron chi connectivity index (χ0n) is 27.0. The van der Waals surface area contributed by atoms with Crippen molar-refractivity contribution in [2.75, 3.05) is 18.8 Å². The van der Waals surface area contributed by atoms with Crippen molar-refractivity contribution in [2.24, 2.45) is 5.92 Å². The number of rotatable bonds is 16. The Bertz CT molecular complexity index is 1240. The van der Waals surface area contributed by atoms with Gasteiger partial charge in [0.1, 0.15) is 28.9 Å². The van der Waals surface area contributed by atoms with Crippen LogP contribution in [0.1, 0.15) is 65.5 Å². The summed E-state index contributed by atoms with van der Waals surface area (Å²) in [6.07, 6.45) is -0.741. The van der Waals surface area contributed by atoms with Gasteiger partial charge in [-0.05, 0) is 96.6 Å². The first-order valence-electron chi connectivity index (χ1n) is 15.0. The van der Waals surface area contributed by atoms with Gasteiger partial charge in [0.05, 0.1) is 5.92 Å². The van der Waals surface area contributed by atoms with Gasteiger partial charge in [0.15, 0.2) is 0 Å². The van der Waals surface area contributed by atoms with Gasteiger partial charge in [0.2, 0.25) is 5.91 Å². The molecular formula is C33H47F2N3O6S. The zero-order chi connectivity index (χ0) is 33.6. The third kappa shape index (κ3) is 15.6. The molecule has 0 spiro atoms. The van der Waals surface area contributed by atoms with Gasteiger partial charge in [0, 0.05) is 24.9 Å². The SMILES string of the molecule is CC(C)(C)OC(=O)NC(CSNCCCCNC(=O)[C@@H](O)[C@@H](Cc1ccccc1)C(=O)OC(C)(C)C)Cc1cc(F)ccc1F. The van der Waals surface area contributed by atoms with E-state index in [2.05, 4.69) is 15.4 Å². The van der Waals surface area contributed by atoms with Crippen LogP contribution in [0.4, 0.5) is 13.6 Å². The number of unbranched alkanes of at least 4 members (excludes halogenated alkanes) is 1. The van der Waals surface area contributed by atoms with Crippen LogP contribution >= 0.6 is 11.9 Å². The Balaban J connectivity index is 1.81. The van der Waals surface area contributed by atoms with E-state index in [0.717, 1.165) is 23.8 Å². The molecule has 1 unspecified atom stereocenters. The van der Waals surface area contributed by atoms with Crippen molar-refractivity contribution in [1.82, 2.24) is 15.4 Å². The molecular weight excluding hydrogens is 604 g/mol.